The summed E-state index contributed by atoms with van der Waals surface area (Å²) < 4.78 is 0. The van der Waals surface area contributed by atoms with E-state index in [-0.39, 0.29) is 24.0 Å². The van der Waals surface area contributed by atoms with Crippen LogP contribution in [0.2, 0.25) is 0 Å². The predicted molar refractivity (Wildman–Crippen MR) is 54.5 cm³/mol. The van der Waals surface area contributed by atoms with Crippen LogP contribution in [0.1, 0.15) is 32.1 Å². The van der Waals surface area contributed by atoms with Crippen LogP contribution in [-0.2, 0) is 4.79 Å². The summed E-state index contributed by atoms with van der Waals surface area (Å²) in [5.41, 5.74) is 11.8. The van der Waals surface area contributed by atoms with Crippen molar-refractivity contribution < 1.29 is 4.79 Å². The van der Waals surface area contributed by atoms with Gasteiger partial charge in [-0.3, -0.25) is 4.79 Å². The summed E-state index contributed by atoms with van der Waals surface area (Å²) in [6, 6.07) is 0.444. The highest BCUT2D eigenvalue weighted by atomic mass is 16.2. The molecule has 2 aliphatic rings. The quantitative estimate of drug-likeness (QED) is 0.612. The van der Waals surface area contributed by atoms with Gasteiger partial charge in [0.25, 0.3) is 0 Å². The topological polar surface area (TPSA) is 72.4 Å². The largest absolute Gasteiger partial charge is 0.337 e. The fourth-order valence-electron chi connectivity index (χ4n) is 2.61. The van der Waals surface area contributed by atoms with Crippen molar-refractivity contribution in [3.05, 3.63) is 0 Å². The van der Waals surface area contributed by atoms with E-state index in [1.807, 2.05) is 4.90 Å². The zero-order chi connectivity index (χ0) is 10.1. The first-order valence-electron chi connectivity index (χ1n) is 5.49. The molecule has 0 radical (unpaired) electrons. The summed E-state index contributed by atoms with van der Waals surface area (Å²) in [6.45, 7) is 0.706. The van der Waals surface area contributed by atoms with Crippen LogP contribution < -0.4 is 11.5 Å². The van der Waals surface area contributed by atoms with Gasteiger partial charge in [0.15, 0.2) is 0 Å². The van der Waals surface area contributed by atoms with Gasteiger partial charge in [0, 0.05) is 31.1 Å². The fourth-order valence-corrected chi connectivity index (χ4v) is 2.61. The summed E-state index contributed by atoms with van der Waals surface area (Å²) in [5.74, 6) is 0.194. The van der Waals surface area contributed by atoms with Gasteiger partial charge >= 0.3 is 0 Å². The van der Waals surface area contributed by atoms with Crippen molar-refractivity contribution in [2.45, 2.75) is 50.2 Å². The number of carbonyl (C=O) groups excluding carboxylic acids is 1. The number of amides is 1. The summed E-state index contributed by atoms with van der Waals surface area (Å²) in [6.07, 6.45) is 5.00. The second-order valence-electron chi connectivity index (χ2n) is 4.53. The fraction of sp³-hybridized carbons (Fsp3) is 0.900. The van der Waals surface area contributed by atoms with Crippen LogP contribution in [0.25, 0.3) is 0 Å². The van der Waals surface area contributed by atoms with E-state index in [0.717, 1.165) is 12.8 Å². The first-order valence-corrected chi connectivity index (χ1v) is 5.49. The normalized spacial score (nSPS) is 39.1. The van der Waals surface area contributed by atoms with Gasteiger partial charge in [-0.05, 0) is 12.8 Å². The lowest BCUT2D eigenvalue weighted by atomic mass is 9.90. The number of hydrogen-bond acceptors (Lipinski definition) is 3. The Kier molecular flexibility index (Phi) is 2.74. The van der Waals surface area contributed by atoms with Gasteiger partial charge in [0.1, 0.15) is 0 Å². The van der Waals surface area contributed by atoms with Gasteiger partial charge in [-0.25, -0.2) is 0 Å². The lowest BCUT2D eigenvalue weighted by molar-refractivity contribution is -0.130. The molecule has 0 bridgehead atoms. The minimum Gasteiger partial charge on any atom is -0.337 e. The maximum Gasteiger partial charge on any atom is 0.224 e. The second kappa shape index (κ2) is 3.87. The third-order valence-electron chi connectivity index (χ3n) is 3.37. The standard InChI is InChI=1S/C10H19N3O/c11-7-5-10(14)13(6-7)9-4-2-1-3-8(9)12/h7-9H,1-6,11-12H2. The average Bonchev–Trinajstić information content (AvgIpc) is 2.46. The Morgan fingerprint density at radius 3 is 2.50 bits per heavy atom. The molecule has 0 spiro atoms. The summed E-state index contributed by atoms with van der Waals surface area (Å²) >= 11 is 0. The van der Waals surface area contributed by atoms with Crippen molar-refractivity contribution in [1.29, 1.82) is 0 Å². The summed E-state index contributed by atoms with van der Waals surface area (Å²) in [4.78, 5) is 13.5. The van der Waals surface area contributed by atoms with Gasteiger partial charge in [-0.1, -0.05) is 12.8 Å². The molecule has 2 rings (SSSR count). The van der Waals surface area contributed by atoms with Crippen molar-refractivity contribution in [2.75, 3.05) is 6.54 Å². The lowest BCUT2D eigenvalue weighted by Crippen LogP contribution is -2.50. The number of hydrogen-bond donors (Lipinski definition) is 2. The summed E-state index contributed by atoms with van der Waals surface area (Å²) in [7, 11) is 0. The van der Waals surface area contributed by atoms with Crippen LogP contribution >= 0.6 is 0 Å². The third-order valence-corrected chi connectivity index (χ3v) is 3.37. The predicted octanol–water partition coefficient (Wildman–Crippen LogP) is -0.184. The van der Waals surface area contributed by atoms with Crippen molar-refractivity contribution in [3.8, 4) is 0 Å². The molecule has 1 heterocycles. The molecule has 4 N–H and O–H groups in total. The number of carbonyl (C=O) groups is 1. The van der Waals surface area contributed by atoms with E-state index in [2.05, 4.69) is 0 Å². The second-order valence-corrected chi connectivity index (χ2v) is 4.53. The van der Waals surface area contributed by atoms with Crippen LogP contribution in [0.15, 0.2) is 0 Å². The van der Waals surface area contributed by atoms with Gasteiger partial charge in [-0.15, -0.1) is 0 Å². The number of nitrogens with two attached hydrogens (primary N) is 2. The molecule has 1 aliphatic carbocycles. The molecular weight excluding hydrogens is 178 g/mol. The maximum absolute atomic E-state index is 11.6. The number of likely N-dealkylation sites (tertiary alicyclic amines) is 1. The molecule has 3 unspecified atom stereocenters. The van der Waals surface area contributed by atoms with Crippen molar-refractivity contribution in [2.24, 2.45) is 11.5 Å². The molecule has 1 amide bonds. The van der Waals surface area contributed by atoms with Crippen LogP contribution in [-0.4, -0.2) is 35.5 Å². The van der Waals surface area contributed by atoms with Crippen LogP contribution in [0.3, 0.4) is 0 Å². The van der Waals surface area contributed by atoms with Gasteiger partial charge in [0.05, 0.1) is 0 Å². The lowest BCUT2D eigenvalue weighted by Gasteiger charge is -2.36. The van der Waals surface area contributed by atoms with Crippen molar-refractivity contribution in [1.82, 2.24) is 4.90 Å². The molecule has 0 aromatic rings. The van der Waals surface area contributed by atoms with E-state index in [1.165, 1.54) is 12.8 Å². The first-order chi connectivity index (χ1) is 6.68. The molecule has 1 saturated heterocycles. The van der Waals surface area contributed by atoms with E-state index in [0.29, 0.717) is 13.0 Å². The monoisotopic (exact) mass is 197 g/mol. The number of rotatable bonds is 1. The minimum atomic E-state index is 0.0247. The van der Waals surface area contributed by atoms with Gasteiger partial charge < -0.3 is 16.4 Å². The molecule has 4 nitrogen and oxygen atoms in total. The number of nitrogens with zero attached hydrogens (tertiary/aromatic N) is 1. The average molecular weight is 197 g/mol. The molecule has 1 saturated carbocycles. The van der Waals surface area contributed by atoms with Crippen LogP contribution in [0, 0.1) is 0 Å². The highest BCUT2D eigenvalue weighted by molar-refractivity contribution is 5.79. The highest BCUT2D eigenvalue weighted by Crippen LogP contribution is 2.25. The molecular formula is C10H19N3O. The van der Waals surface area contributed by atoms with E-state index in [9.17, 15) is 4.79 Å². The Hall–Kier alpha value is -0.610. The Bertz CT molecular complexity index is 231. The SMILES string of the molecule is NC1CC(=O)N(C2CCCCC2N)C1. The Labute approximate surface area is 84.6 Å². The smallest absolute Gasteiger partial charge is 0.224 e. The zero-order valence-electron chi connectivity index (χ0n) is 8.48. The van der Waals surface area contributed by atoms with E-state index >= 15 is 0 Å². The Balaban J connectivity index is 2.02. The molecule has 2 fully saturated rings. The van der Waals surface area contributed by atoms with Crippen molar-refractivity contribution in [3.63, 3.8) is 0 Å². The maximum atomic E-state index is 11.6. The molecule has 0 aromatic carbocycles. The first kappa shape index (κ1) is 9.93. The van der Waals surface area contributed by atoms with E-state index < -0.39 is 0 Å². The van der Waals surface area contributed by atoms with Crippen LogP contribution in [0.4, 0.5) is 0 Å². The van der Waals surface area contributed by atoms with Crippen LogP contribution in [0.5, 0.6) is 0 Å². The zero-order valence-corrected chi connectivity index (χ0v) is 8.48. The highest BCUT2D eigenvalue weighted by Gasteiger charge is 2.36. The molecule has 14 heavy (non-hydrogen) atoms. The molecule has 0 aromatic heterocycles. The third kappa shape index (κ3) is 1.77. The molecule has 4 heteroatoms. The van der Waals surface area contributed by atoms with E-state index in [1.54, 1.807) is 0 Å². The molecule has 1 aliphatic heterocycles. The van der Waals surface area contributed by atoms with Crippen molar-refractivity contribution >= 4 is 5.91 Å². The Morgan fingerprint density at radius 1 is 1.21 bits per heavy atom. The van der Waals surface area contributed by atoms with Gasteiger partial charge in [-0.2, -0.15) is 0 Å². The molecule has 80 valence electrons. The minimum absolute atomic E-state index is 0.0247. The van der Waals surface area contributed by atoms with E-state index in [4.69, 9.17) is 11.5 Å². The molecule has 3 atom stereocenters. The summed E-state index contributed by atoms with van der Waals surface area (Å²) in [5, 5.41) is 0. The van der Waals surface area contributed by atoms with Gasteiger partial charge in [0.2, 0.25) is 5.91 Å². The Morgan fingerprint density at radius 2 is 1.93 bits per heavy atom.